The van der Waals surface area contributed by atoms with E-state index in [1.54, 1.807) is 17.6 Å². The maximum atomic E-state index is 13.4. The fraction of sp³-hybridized carbons (Fsp3) is 0.444. The predicted octanol–water partition coefficient (Wildman–Crippen LogP) is 2.14. The van der Waals surface area contributed by atoms with Crippen LogP contribution in [0.15, 0.2) is 29.1 Å². The van der Waals surface area contributed by atoms with E-state index < -0.39 is 11.6 Å². The molecule has 0 amide bonds. The van der Waals surface area contributed by atoms with Gasteiger partial charge in [0.2, 0.25) is 0 Å². The van der Waals surface area contributed by atoms with E-state index in [1.165, 1.54) is 11.1 Å². The average molecular weight is 475 g/mol. The molecule has 8 nitrogen and oxygen atoms in total. The van der Waals surface area contributed by atoms with Gasteiger partial charge in [0.05, 0.1) is 29.0 Å². The maximum Gasteiger partial charge on any atom is 0.343 e. The fourth-order valence-corrected chi connectivity index (χ4v) is 5.66. The zero-order valence-electron chi connectivity index (χ0n) is 20.4. The van der Waals surface area contributed by atoms with Crippen LogP contribution in [0.4, 0.5) is 0 Å². The molecule has 0 radical (unpaired) electrons. The quantitative estimate of drug-likeness (QED) is 0.455. The smallest absolute Gasteiger partial charge is 0.343 e. The van der Waals surface area contributed by atoms with Crippen molar-refractivity contribution in [3.05, 3.63) is 62.4 Å². The number of fused-ring (bicyclic) bond motifs is 5. The molecule has 0 spiro atoms. The number of likely N-dealkylation sites (N-methyl/N-ethyl adjacent to an activating group) is 1. The van der Waals surface area contributed by atoms with Gasteiger partial charge in [0, 0.05) is 49.2 Å². The van der Waals surface area contributed by atoms with Crippen molar-refractivity contribution in [1.29, 1.82) is 0 Å². The van der Waals surface area contributed by atoms with E-state index in [4.69, 9.17) is 9.72 Å². The number of nitrogens with zero attached hydrogens (tertiary/aromatic N) is 4. The summed E-state index contributed by atoms with van der Waals surface area (Å²) in [6.07, 6.45) is 0.134. The lowest BCUT2D eigenvalue weighted by Crippen LogP contribution is -2.44. The summed E-state index contributed by atoms with van der Waals surface area (Å²) >= 11 is 0. The van der Waals surface area contributed by atoms with Crippen LogP contribution in [-0.4, -0.2) is 63.7 Å². The number of piperazine rings is 1. The summed E-state index contributed by atoms with van der Waals surface area (Å²) in [6.45, 7) is 9.25. The molecule has 1 aromatic carbocycles. The average Bonchev–Trinajstić information content (AvgIpc) is 3.21. The van der Waals surface area contributed by atoms with Crippen LogP contribution in [0.5, 0.6) is 0 Å². The molecule has 1 saturated heterocycles. The SMILES string of the molecule is CC[C@@]1(O)C(=O)OCc2c1cc1n(c2=O)Cc2cc3c(CN4CCN(C)CC4)c(C)ccc3nc2-1. The van der Waals surface area contributed by atoms with Crippen molar-refractivity contribution in [1.82, 2.24) is 19.4 Å². The molecule has 1 N–H and O–H groups in total. The first kappa shape index (κ1) is 22.4. The minimum absolute atomic E-state index is 0.115. The Morgan fingerprint density at radius 1 is 1.14 bits per heavy atom. The molecule has 0 aliphatic carbocycles. The standard InChI is InChI=1S/C27H30N4O4/c1-4-27(34)21-12-23-24-17(13-31(23)25(32)20(21)15-35-26(27)33)11-18-19(16(2)5-6-22(18)28-24)14-30-9-7-29(3)8-10-30/h5-6,11-12,34H,4,7-10,13-15H2,1-3H3/t27-/m0/s1. The predicted molar refractivity (Wildman–Crippen MR) is 132 cm³/mol. The first-order valence-electron chi connectivity index (χ1n) is 12.3. The van der Waals surface area contributed by atoms with Crippen LogP contribution in [0.3, 0.4) is 0 Å². The Kier molecular flexibility index (Phi) is 5.11. The summed E-state index contributed by atoms with van der Waals surface area (Å²) < 4.78 is 6.87. The van der Waals surface area contributed by atoms with Gasteiger partial charge in [-0.15, -0.1) is 0 Å². The van der Waals surface area contributed by atoms with Crippen molar-refractivity contribution in [3.8, 4) is 11.4 Å². The highest BCUT2D eigenvalue weighted by Crippen LogP contribution is 2.39. The van der Waals surface area contributed by atoms with Crippen LogP contribution in [0.2, 0.25) is 0 Å². The molecule has 35 heavy (non-hydrogen) atoms. The van der Waals surface area contributed by atoms with Crippen molar-refractivity contribution in [2.75, 3.05) is 33.2 Å². The molecule has 182 valence electrons. The molecule has 3 aliphatic rings. The van der Waals surface area contributed by atoms with Crippen molar-refractivity contribution in [3.63, 3.8) is 0 Å². The van der Waals surface area contributed by atoms with Crippen LogP contribution in [0.1, 0.15) is 41.2 Å². The Morgan fingerprint density at radius 3 is 2.66 bits per heavy atom. The summed E-state index contributed by atoms with van der Waals surface area (Å²) in [5, 5.41) is 12.2. The Morgan fingerprint density at radius 2 is 1.91 bits per heavy atom. The van der Waals surface area contributed by atoms with Gasteiger partial charge in [-0.05, 0) is 49.7 Å². The number of aromatic nitrogens is 2. The molecular weight excluding hydrogens is 444 g/mol. The van der Waals surface area contributed by atoms with Crippen LogP contribution < -0.4 is 5.56 Å². The van der Waals surface area contributed by atoms with Crippen molar-refractivity contribution < 1.29 is 14.6 Å². The Labute approximate surface area is 203 Å². The number of carbonyl (C=O) groups excluding carboxylic acids is 1. The second-order valence-electron chi connectivity index (χ2n) is 10.1. The van der Waals surface area contributed by atoms with Gasteiger partial charge in [0.1, 0.15) is 6.61 Å². The van der Waals surface area contributed by atoms with Gasteiger partial charge in [0.25, 0.3) is 5.56 Å². The highest BCUT2D eigenvalue weighted by atomic mass is 16.6. The van der Waals surface area contributed by atoms with Crippen LogP contribution in [0, 0.1) is 6.92 Å². The van der Waals surface area contributed by atoms with Gasteiger partial charge in [0.15, 0.2) is 5.60 Å². The van der Waals surface area contributed by atoms with Crippen LogP contribution >= 0.6 is 0 Å². The van der Waals surface area contributed by atoms with E-state index in [0.29, 0.717) is 23.4 Å². The molecule has 8 heteroatoms. The van der Waals surface area contributed by atoms with E-state index in [2.05, 4.69) is 35.9 Å². The number of hydrogen-bond donors (Lipinski definition) is 1. The first-order chi connectivity index (χ1) is 16.8. The lowest BCUT2D eigenvalue weighted by molar-refractivity contribution is -0.172. The monoisotopic (exact) mass is 474 g/mol. The third-order valence-corrected chi connectivity index (χ3v) is 8.01. The zero-order valence-corrected chi connectivity index (χ0v) is 20.4. The third kappa shape index (κ3) is 3.35. The zero-order chi connectivity index (χ0) is 24.5. The first-order valence-corrected chi connectivity index (χ1v) is 12.3. The van der Waals surface area contributed by atoms with Crippen molar-refractivity contribution >= 4 is 16.9 Å². The second-order valence-corrected chi connectivity index (χ2v) is 10.1. The van der Waals surface area contributed by atoms with E-state index in [0.717, 1.165) is 54.9 Å². The molecule has 0 saturated carbocycles. The minimum Gasteiger partial charge on any atom is -0.458 e. The molecule has 6 rings (SSSR count). The van der Waals surface area contributed by atoms with E-state index in [1.807, 2.05) is 6.07 Å². The number of pyridine rings is 2. The molecule has 0 unspecified atom stereocenters. The Bertz CT molecular complexity index is 1440. The van der Waals surface area contributed by atoms with Crippen LogP contribution in [0.25, 0.3) is 22.3 Å². The summed E-state index contributed by atoms with van der Waals surface area (Å²) in [5.74, 6) is -0.703. The van der Waals surface area contributed by atoms with Gasteiger partial charge in [-0.25, -0.2) is 9.78 Å². The van der Waals surface area contributed by atoms with Crippen LogP contribution in [-0.2, 0) is 34.8 Å². The number of esters is 1. The molecule has 3 aliphatic heterocycles. The molecular formula is C27H30N4O4. The topological polar surface area (TPSA) is 87.9 Å². The van der Waals surface area contributed by atoms with Gasteiger partial charge in [-0.1, -0.05) is 13.0 Å². The number of carbonyl (C=O) groups is 1. The molecule has 1 fully saturated rings. The lowest BCUT2D eigenvalue weighted by Gasteiger charge is -2.33. The summed E-state index contributed by atoms with van der Waals surface area (Å²) in [4.78, 5) is 35.6. The molecule has 0 bridgehead atoms. The van der Waals surface area contributed by atoms with E-state index >= 15 is 0 Å². The number of aryl methyl sites for hydroxylation is 1. The van der Waals surface area contributed by atoms with Crippen molar-refractivity contribution in [2.45, 2.75) is 45.6 Å². The number of hydrogen-bond acceptors (Lipinski definition) is 7. The van der Waals surface area contributed by atoms with Gasteiger partial charge in [-0.2, -0.15) is 0 Å². The van der Waals surface area contributed by atoms with Gasteiger partial charge >= 0.3 is 5.97 Å². The number of rotatable bonds is 3. The highest BCUT2D eigenvalue weighted by Gasteiger charge is 2.45. The lowest BCUT2D eigenvalue weighted by atomic mass is 9.86. The fourth-order valence-electron chi connectivity index (χ4n) is 5.66. The number of benzene rings is 1. The Balaban J connectivity index is 1.47. The van der Waals surface area contributed by atoms with Gasteiger partial charge < -0.3 is 19.3 Å². The third-order valence-electron chi connectivity index (χ3n) is 8.01. The molecule has 2 aromatic heterocycles. The number of cyclic esters (lactones) is 1. The van der Waals surface area contributed by atoms with E-state index in [-0.39, 0.29) is 18.6 Å². The highest BCUT2D eigenvalue weighted by molar-refractivity contribution is 5.88. The maximum absolute atomic E-state index is 13.4. The molecule has 1 atom stereocenters. The summed E-state index contributed by atoms with van der Waals surface area (Å²) in [7, 11) is 2.16. The largest absolute Gasteiger partial charge is 0.458 e. The minimum atomic E-state index is -1.81. The summed E-state index contributed by atoms with van der Waals surface area (Å²) in [5.41, 5.74) is 4.44. The Hall–Kier alpha value is -3.07. The van der Waals surface area contributed by atoms with Gasteiger partial charge in [-0.3, -0.25) is 9.69 Å². The normalized spacial score (nSPS) is 22.1. The van der Waals surface area contributed by atoms with E-state index in [9.17, 15) is 14.7 Å². The van der Waals surface area contributed by atoms with Crippen molar-refractivity contribution in [2.24, 2.45) is 0 Å². The number of aliphatic hydroxyl groups is 1. The molecule has 3 aromatic rings. The number of ether oxygens (including phenoxy) is 1. The molecule has 5 heterocycles. The summed E-state index contributed by atoms with van der Waals surface area (Å²) in [6, 6.07) is 8.10. The second kappa shape index (κ2) is 7.98.